The van der Waals surface area contributed by atoms with Crippen LogP contribution in [0, 0.1) is 0 Å². The summed E-state index contributed by atoms with van der Waals surface area (Å²) in [6.07, 6.45) is 0.364. The highest BCUT2D eigenvalue weighted by Gasteiger charge is 2.17. The van der Waals surface area contributed by atoms with Crippen molar-refractivity contribution in [1.29, 1.82) is 0 Å². The second-order valence-electron chi connectivity index (χ2n) is 4.21. The maximum atomic E-state index is 11.5. The monoisotopic (exact) mass is 284 g/mol. The Kier molecular flexibility index (Phi) is 6.64. The molecule has 6 heteroatoms. The largest absolute Gasteiger partial charge is 0.505 e. The zero-order valence-corrected chi connectivity index (χ0v) is 12.0. The summed E-state index contributed by atoms with van der Waals surface area (Å²) < 4.78 is 10.6. The molecule has 1 rings (SSSR count). The molecular weight excluding hydrogens is 265 g/mol. The van der Waals surface area contributed by atoms with Gasteiger partial charge in [-0.05, 0) is 17.1 Å². The van der Waals surface area contributed by atoms with Gasteiger partial charge in [-0.25, -0.2) is 5.06 Å². The van der Waals surface area contributed by atoms with Crippen molar-refractivity contribution in [3.8, 4) is 0 Å². The van der Waals surface area contributed by atoms with Gasteiger partial charge in [0.25, 0.3) is 0 Å². The molecule has 0 fully saturated rings. The molecular formula is C13H19NO4P+. The minimum absolute atomic E-state index is 0.169. The molecule has 0 heterocycles. The van der Waals surface area contributed by atoms with E-state index in [2.05, 4.69) is 0 Å². The molecule has 5 nitrogen and oxygen atoms in total. The Bertz CT molecular complexity index is 424. The first-order valence-electron chi connectivity index (χ1n) is 6.14. The fraction of sp³-hybridized carbons (Fsp3) is 0.462. The summed E-state index contributed by atoms with van der Waals surface area (Å²) in [6, 6.07) is 9.57. The van der Waals surface area contributed by atoms with Gasteiger partial charge in [0.2, 0.25) is 5.91 Å². The van der Waals surface area contributed by atoms with E-state index in [-0.39, 0.29) is 18.2 Å². The van der Waals surface area contributed by atoms with E-state index in [0.29, 0.717) is 13.0 Å². The summed E-state index contributed by atoms with van der Waals surface area (Å²) >= 11 is 0. The van der Waals surface area contributed by atoms with Crippen molar-refractivity contribution in [3.63, 3.8) is 0 Å². The SMILES string of the molecule is CC(=O)N(CCC[P+](=O)O)OC(C)c1ccccc1. The Morgan fingerprint density at radius 2 is 2.05 bits per heavy atom. The maximum Gasteiger partial charge on any atom is 0.505 e. The standard InChI is InChI=1S/C13H18NO4P/c1-11(13-7-4-3-5-8-13)18-14(12(2)15)9-6-10-19(16)17/h3-5,7-8,11H,6,9-10H2,1-2H3/p+1. The van der Waals surface area contributed by atoms with Gasteiger partial charge in [-0.15, -0.1) is 0 Å². The molecule has 1 N–H and O–H groups in total. The van der Waals surface area contributed by atoms with Crippen LogP contribution < -0.4 is 0 Å². The van der Waals surface area contributed by atoms with E-state index in [1.54, 1.807) is 0 Å². The third-order valence-corrected chi connectivity index (χ3v) is 3.31. The van der Waals surface area contributed by atoms with E-state index in [4.69, 9.17) is 9.73 Å². The fourth-order valence-electron chi connectivity index (χ4n) is 1.61. The number of benzene rings is 1. The summed E-state index contributed by atoms with van der Waals surface area (Å²) in [5, 5.41) is 1.25. The minimum atomic E-state index is -2.16. The van der Waals surface area contributed by atoms with Gasteiger partial charge in [-0.3, -0.25) is 9.63 Å². The van der Waals surface area contributed by atoms with Crippen molar-refractivity contribution in [2.45, 2.75) is 26.4 Å². The van der Waals surface area contributed by atoms with Crippen LogP contribution in [0.25, 0.3) is 0 Å². The molecule has 0 radical (unpaired) electrons. The third-order valence-electron chi connectivity index (χ3n) is 2.62. The van der Waals surface area contributed by atoms with Gasteiger partial charge < -0.3 is 0 Å². The van der Waals surface area contributed by atoms with E-state index in [1.165, 1.54) is 12.0 Å². The molecule has 1 aromatic carbocycles. The smallest absolute Gasteiger partial charge is 0.273 e. The molecule has 2 unspecified atom stereocenters. The lowest BCUT2D eigenvalue weighted by Crippen LogP contribution is -2.31. The van der Waals surface area contributed by atoms with Crippen LogP contribution in [0.3, 0.4) is 0 Å². The first-order chi connectivity index (χ1) is 9.00. The number of hydroxylamine groups is 2. The number of hydrogen-bond acceptors (Lipinski definition) is 3. The molecule has 0 saturated heterocycles. The van der Waals surface area contributed by atoms with Crippen LogP contribution in [0.4, 0.5) is 0 Å². The Morgan fingerprint density at radius 3 is 2.58 bits per heavy atom. The Hall–Kier alpha value is -1.29. The number of hydrogen-bond donors (Lipinski definition) is 1. The average Bonchev–Trinajstić information content (AvgIpc) is 2.37. The average molecular weight is 284 g/mol. The van der Waals surface area contributed by atoms with Crippen molar-refractivity contribution in [1.82, 2.24) is 5.06 Å². The molecule has 2 atom stereocenters. The summed E-state index contributed by atoms with van der Waals surface area (Å²) in [7, 11) is -2.16. The lowest BCUT2D eigenvalue weighted by Gasteiger charge is -2.24. The molecule has 0 saturated carbocycles. The quantitative estimate of drug-likeness (QED) is 0.617. The molecule has 0 aliphatic carbocycles. The first kappa shape index (κ1) is 15.8. The van der Waals surface area contributed by atoms with Crippen molar-refractivity contribution in [2.75, 3.05) is 12.7 Å². The van der Waals surface area contributed by atoms with E-state index < -0.39 is 8.03 Å². The predicted octanol–water partition coefficient (Wildman–Crippen LogP) is 2.65. The fourth-order valence-corrected chi connectivity index (χ4v) is 2.02. The summed E-state index contributed by atoms with van der Waals surface area (Å²) in [5.74, 6) is -0.212. The molecule has 0 bridgehead atoms. The topological polar surface area (TPSA) is 66.8 Å². The molecule has 0 aliphatic heterocycles. The highest BCUT2D eigenvalue weighted by molar-refractivity contribution is 7.37. The van der Waals surface area contributed by atoms with Crippen LogP contribution in [-0.4, -0.2) is 28.6 Å². The molecule has 1 aromatic rings. The van der Waals surface area contributed by atoms with Crippen molar-refractivity contribution in [3.05, 3.63) is 35.9 Å². The highest BCUT2D eigenvalue weighted by atomic mass is 31.1. The van der Waals surface area contributed by atoms with E-state index in [1.807, 2.05) is 37.3 Å². The Labute approximate surface area is 114 Å². The van der Waals surface area contributed by atoms with Crippen molar-refractivity contribution in [2.24, 2.45) is 0 Å². The number of carbonyl (C=O) groups excluding carboxylic acids is 1. The van der Waals surface area contributed by atoms with Crippen LogP contribution in [0.2, 0.25) is 0 Å². The zero-order chi connectivity index (χ0) is 14.3. The van der Waals surface area contributed by atoms with Gasteiger partial charge in [0.1, 0.15) is 6.10 Å². The van der Waals surface area contributed by atoms with Gasteiger partial charge in [0.15, 0.2) is 6.16 Å². The predicted molar refractivity (Wildman–Crippen MR) is 72.6 cm³/mol. The second-order valence-corrected chi connectivity index (χ2v) is 5.36. The van der Waals surface area contributed by atoms with Gasteiger partial charge in [0, 0.05) is 13.3 Å². The highest BCUT2D eigenvalue weighted by Crippen LogP contribution is 2.19. The summed E-state index contributed by atoms with van der Waals surface area (Å²) in [6.45, 7) is 3.59. The molecule has 1 amide bonds. The lowest BCUT2D eigenvalue weighted by molar-refractivity contribution is -0.203. The van der Waals surface area contributed by atoms with Crippen LogP contribution in [0.5, 0.6) is 0 Å². The van der Waals surface area contributed by atoms with E-state index in [9.17, 15) is 9.36 Å². The van der Waals surface area contributed by atoms with Gasteiger partial charge in [-0.2, -0.15) is 4.89 Å². The van der Waals surface area contributed by atoms with Crippen molar-refractivity contribution >= 4 is 13.9 Å². The minimum Gasteiger partial charge on any atom is -0.273 e. The van der Waals surface area contributed by atoms with Crippen LogP contribution in [-0.2, 0) is 14.2 Å². The number of nitrogens with zero attached hydrogens (tertiary/aromatic N) is 1. The molecule has 19 heavy (non-hydrogen) atoms. The van der Waals surface area contributed by atoms with Gasteiger partial charge in [0.05, 0.1) is 6.54 Å². The first-order valence-corrected chi connectivity index (χ1v) is 7.54. The van der Waals surface area contributed by atoms with E-state index >= 15 is 0 Å². The van der Waals surface area contributed by atoms with Crippen LogP contribution in [0.1, 0.15) is 31.9 Å². The normalized spacial score (nSPS) is 12.9. The lowest BCUT2D eigenvalue weighted by atomic mass is 10.1. The molecule has 0 aliphatic rings. The summed E-state index contributed by atoms with van der Waals surface area (Å²) in [5.41, 5.74) is 0.974. The molecule has 104 valence electrons. The zero-order valence-electron chi connectivity index (χ0n) is 11.2. The Morgan fingerprint density at radius 1 is 1.42 bits per heavy atom. The number of carbonyl (C=O) groups is 1. The van der Waals surface area contributed by atoms with Crippen LogP contribution in [0.15, 0.2) is 30.3 Å². The number of amides is 1. The van der Waals surface area contributed by atoms with Crippen LogP contribution >= 0.6 is 8.03 Å². The summed E-state index contributed by atoms with van der Waals surface area (Å²) in [4.78, 5) is 25.8. The maximum absolute atomic E-state index is 11.5. The molecule has 0 aromatic heterocycles. The van der Waals surface area contributed by atoms with Gasteiger partial charge >= 0.3 is 8.03 Å². The Balaban J connectivity index is 2.53. The number of rotatable bonds is 7. The van der Waals surface area contributed by atoms with Crippen molar-refractivity contribution < 1.29 is 19.1 Å². The second kappa shape index (κ2) is 8.00. The molecule has 0 spiro atoms. The van der Waals surface area contributed by atoms with E-state index in [0.717, 1.165) is 5.56 Å². The van der Waals surface area contributed by atoms with Gasteiger partial charge in [-0.1, -0.05) is 30.3 Å². The third kappa shape index (κ3) is 5.92.